The lowest BCUT2D eigenvalue weighted by atomic mass is 9.92. The molecule has 0 aromatic heterocycles. The molecule has 20 heavy (non-hydrogen) atoms. The van der Waals surface area contributed by atoms with Crippen LogP contribution in [0.25, 0.3) is 0 Å². The van der Waals surface area contributed by atoms with Crippen LogP contribution in [0.4, 0.5) is 0 Å². The van der Waals surface area contributed by atoms with Crippen LogP contribution in [0.2, 0.25) is 0 Å². The van der Waals surface area contributed by atoms with Crippen LogP contribution < -0.4 is 5.73 Å². The van der Waals surface area contributed by atoms with Gasteiger partial charge in [0.05, 0.1) is 12.7 Å². The predicted octanol–water partition coefficient (Wildman–Crippen LogP) is 1.33. The molecule has 112 valence electrons. The van der Waals surface area contributed by atoms with Gasteiger partial charge in [-0.2, -0.15) is 0 Å². The minimum absolute atomic E-state index is 0.204. The molecule has 1 aromatic carbocycles. The van der Waals surface area contributed by atoms with Crippen molar-refractivity contribution >= 4 is 0 Å². The number of morpholine rings is 1. The Balaban J connectivity index is 2.15. The van der Waals surface area contributed by atoms with Crippen LogP contribution in [-0.2, 0) is 10.3 Å². The number of rotatable bonds is 5. The van der Waals surface area contributed by atoms with Crippen molar-refractivity contribution in [2.75, 3.05) is 26.2 Å². The quantitative estimate of drug-likeness (QED) is 0.853. The molecular formula is C16H26N2O2. The third kappa shape index (κ3) is 3.38. The first-order valence-corrected chi connectivity index (χ1v) is 7.42. The minimum Gasteiger partial charge on any atom is -0.382 e. The second kappa shape index (κ2) is 6.68. The van der Waals surface area contributed by atoms with E-state index in [0.29, 0.717) is 12.6 Å². The zero-order chi connectivity index (χ0) is 14.6. The molecule has 1 aliphatic rings. The van der Waals surface area contributed by atoms with Crippen molar-refractivity contribution in [1.82, 2.24) is 4.90 Å². The molecule has 1 heterocycles. The molecule has 3 unspecified atom stereocenters. The van der Waals surface area contributed by atoms with Crippen LogP contribution in [0.1, 0.15) is 25.8 Å². The van der Waals surface area contributed by atoms with Crippen molar-refractivity contribution in [3.8, 4) is 0 Å². The van der Waals surface area contributed by atoms with Crippen molar-refractivity contribution in [3.63, 3.8) is 0 Å². The van der Waals surface area contributed by atoms with E-state index in [1.165, 1.54) is 0 Å². The summed E-state index contributed by atoms with van der Waals surface area (Å²) >= 11 is 0. The van der Waals surface area contributed by atoms with Gasteiger partial charge in [-0.05, 0) is 18.9 Å². The number of ether oxygens (including phenoxy) is 1. The lowest BCUT2D eigenvalue weighted by molar-refractivity contribution is -0.0885. The second-order valence-corrected chi connectivity index (χ2v) is 5.74. The van der Waals surface area contributed by atoms with Crippen LogP contribution in [0.5, 0.6) is 0 Å². The average molecular weight is 278 g/mol. The molecule has 3 atom stereocenters. The lowest BCUT2D eigenvalue weighted by Crippen LogP contribution is -2.55. The van der Waals surface area contributed by atoms with E-state index in [0.717, 1.165) is 25.1 Å². The molecule has 0 spiro atoms. The van der Waals surface area contributed by atoms with Gasteiger partial charge >= 0.3 is 0 Å². The molecule has 4 nitrogen and oxygen atoms in total. The van der Waals surface area contributed by atoms with E-state index in [9.17, 15) is 5.11 Å². The fourth-order valence-electron chi connectivity index (χ4n) is 2.84. The van der Waals surface area contributed by atoms with Crippen LogP contribution in [-0.4, -0.2) is 48.4 Å². The molecule has 1 fully saturated rings. The van der Waals surface area contributed by atoms with E-state index < -0.39 is 5.60 Å². The topological polar surface area (TPSA) is 58.7 Å². The van der Waals surface area contributed by atoms with E-state index in [1.54, 1.807) is 0 Å². The van der Waals surface area contributed by atoms with Gasteiger partial charge in [-0.15, -0.1) is 0 Å². The van der Waals surface area contributed by atoms with Crippen LogP contribution in [0.3, 0.4) is 0 Å². The normalized spacial score (nSPS) is 27.2. The SMILES string of the molecule is CCC1COC(C)CN1CC(O)(CN)c1ccccc1. The molecule has 1 aliphatic heterocycles. The highest BCUT2D eigenvalue weighted by molar-refractivity contribution is 5.23. The fraction of sp³-hybridized carbons (Fsp3) is 0.625. The average Bonchev–Trinajstić information content (AvgIpc) is 2.48. The van der Waals surface area contributed by atoms with Gasteiger partial charge in [-0.25, -0.2) is 0 Å². The van der Waals surface area contributed by atoms with Crippen molar-refractivity contribution in [2.24, 2.45) is 5.73 Å². The van der Waals surface area contributed by atoms with Gasteiger partial charge in [-0.3, -0.25) is 4.90 Å². The van der Waals surface area contributed by atoms with Crippen LogP contribution in [0.15, 0.2) is 30.3 Å². The van der Waals surface area contributed by atoms with E-state index in [2.05, 4.69) is 18.7 Å². The van der Waals surface area contributed by atoms with Gasteiger partial charge in [0.25, 0.3) is 0 Å². The summed E-state index contributed by atoms with van der Waals surface area (Å²) in [6.45, 7) is 6.57. The highest BCUT2D eigenvalue weighted by Gasteiger charge is 2.35. The summed E-state index contributed by atoms with van der Waals surface area (Å²) in [5.74, 6) is 0. The maximum Gasteiger partial charge on any atom is 0.114 e. The van der Waals surface area contributed by atoms with E-state index >= 15 is 0 Å². The molecule has 1 aromatic rings. The number of nitrogens with zero attached hydrogens (tertiary/aromatic N) is 1. The lowest BCUT2D eigenvalue weighted by Gasteiger charge is -2.42. The molecule has 0 bridgehead atoms. The second-order valence-electron chi connectivity index (χ2n) is 5.74. The number of β-amino-alcohol motifs (C(OH)–C–C–N with tert-alkyl or cyclic N) is 1. The maximum atomic E-state index is 10.9. The Morgan fingerprint density at radius 2 is 2.10 bits per heavy atom. The number of nitrogens with two attached hydrogens (primary N) is 1. The Morgan fingerprint density at radius 3 is 2.70 bits per heavy atom. The summed E-state index contributed by atoms with van der Waals surface area (Å²) in [5.41, 5.74) is 5.76. The number of hydrogen-bond acceptors (Lipinski definition) is 4. The highest BCUT2D eigenvalue weighted by atomic mass is 16.5. The predicted molar refractivity (Wildman–Crippen MR) is 80.5 cm³/mol. The molecule has 0 amide bonds. The summed E-state index contributed by atoms with van der Waals surface area (Å²) in [4.78, 5) is 2.31. The minimum atomic E-state index is -0.994. The molecule has 1 saturated heterocycles. The summed E-state index contributed by atoms with van der Waals surface area (Å²) in [7, 11) is 0. The van der Waals surface area contributed by atoms with Crippen molar-refractivity contribution in [1.29, 1.82) is 0 Å². The summed E-state index contributed by atoms with van der Waals surface area (Å²) < 4.78 is 5.71. The Bertz CT molecular complexity index is 412. The Hall–Kier alpha value is -0.940. The smallest absolute Gasteiger partial charge is 0.114 e. The first-order valence-electron chi connectivity index (χ1n) is 7.42. The third-order valence-electron chi connectivity index (χ3n) is 4.17. The summed E-state index contributed by atoms with van der Waals surface area (Å²) in [5, 5.41) is 10.9. The van der Waals surface area contributed by atoms with Crippen molar-refractivity contribution < 1.29 is 9.84 Å². The fourth-order valence-corrected chi connectivity index (χ4v) is 2.84. The molecule has 3 N–H and O–H groups in total. The molecule has 4 heteroatoms. The Labute approximate surface area is 121 Å². The molecular weight excluding hydrogens is 252 g/mol. The van der Waals surface area contributed by atoms with Gasteiger partial charge in [0, 0.05) is 25.7 Å². The standard InChI is InChI=1S/C16H26N2O2/c1-3-15-10-20-13(2)9-18(15)12-16(19,11-17)14-7-5-4-6-8-14/h4-8,13,15,19H,3,9-12,17H2,1-2H3. The third-order valence-corrected chi connectivity index (χ3v) is 4.17. The summed E-state index contributed by atoms with van der Waals surface area (Å²) in [6.07, 6.45) is 1.22. The van der Waals surface area contributed by atoms with Gasteiger partial charge in [-0.1, -0.05) is 37.3 Å². The van der Waals surface area contributed by atoms with Gasteiger partial charge in [0.1, 0.15) is 5.60 Å². The van der Waals surface area contributed by atoms with Crippen LogP contribution >= 0.6 is 0 Å². The van der Waals surface area contributed by atoms with E-state index in [4.69, 9.17) is 10.5 Å². The zero-order valence-electron chi connectivity index (χ0n) is 12.5. The Kier molecular flexibility index (Phi) is 5.16. The zero-order valence-corrected chi connectivity index (χ0v) is 12.5. The molecule has 0 saturated carbocycles. The van der Waals surface area contributed by atoms with Crippen LogP contribution in [0, 0.1) is 0 Å². The van der Waals surface area contributed by atoms with Gasteiger partial charge in [0.2, 0.25) is 0 Å². The molecule has 0 aliphatic carbocycles. The monoisotopic (exact) mass is 278 g/mol. The van der Waals surface area contributed by atoms with Gasteiger partial charge < -0.3 is 15.6 Å². The first kappa shape index (κ1) is 15.4. The highest BCUT2D eigenvalue weighted by Crippen LogP contribution is 2.25. The van der Waals surface area contributed by atoms with E-state index in [1.807, 2.05) is 30.3 Å². The number of benzene rings is 1. The molecule has 2 rings (SSSR count). The maximum absolute atomic E-state index is 10.9. The first-order chi connectivity index (χ1) is 9.59. The molecule has 0 radical (unpaired) electrons. The van der Waals surface area contributed by atoms with Gasteiger partial charge in [0.15, 0.2) is 0 Å². The van der Waals surface area contributed by atoms with Crippen molar-refractivity contribution in [2.45, 2.75) is 38.0 Å². The number of aliphatic hydroxyl groups is 1. The summed E-state index contributed by atoms with van der Waals surface area (Å²) in [6, 6.07) is 10.1. The van der Waals surface area contributed by atoms with E-state index in [-0.39, 0.29) is 12.6 Å². The largest absolute Gasteiger partial charge is 0.382 e. The van der Waals surface area contributed by atoms with Crippen molar-refractivity contribution in [3.05, 3.63) is 35.9 Å². The number of hydrogen-bond donors (Lipinski definition) is 2. The Morgan fingerprint density at radius 1 is 1.40 bits per heavy atom.